The SMILES string of the molecule is CC(C(=O)N1CCCC(C(C)(C)C)CC1)C(N)=S. The number of rotatable bonds is 2. The van der Waals surface area contributed by atoms with Crippen LogP contribution in [0.2, 0.25) is 0 Å². The highest BCUT2D eigenvalue weighted by Gasteiger charge is 2.30. The lowest BCUT2D eigenvalue weighted by atomic mass is 9.77. The smallest absolute Gasteiger partial charge is 0.232 e. The van der Waals surface area contributed by atoms with Gasteiger partial charge in [-0.2, -0.15) is 0 Å². The second-order valence-electron chi connectivity index (χ2n) is 6.44. The standard InChI is InChI=1S/C14H26N2OS/c1-10(12(15)18)13(17)16-8-5-6-11(7-9-16)14(2,3)4/h10-11H,5-9H2,1-4H3,(H2,15,18). The molecule has 18 heavy (non-hydrogen) atoms. The van der Waals surface area contributed by atoms with E-state index in [1.807, 2.05) is 4.90 Å². The molecule has 0 radical (unpaired) electrons. The first kappa shape index (κ1) is 15.4. The summed E-state index contributed by atoms with van der Waals surface area (Å²) in [7, 11) is 0. The Bertz CT molecular complexity index is 322. The predicted octanol–water partition coefficient (Wildman–Crippen LogP) is 2.58. The first-order valence-corrected chi connectivity index (χ1v) is 7.22. The molecule has 1 fully saturated rings. The quantitative estimate of drug-likeness (QED) is 0.785. The van der Waals surface area contributed by atoms with Crippen molar-refractivity contribution in [1.29, 1.82) is 0 Å². The molecule has 1 saturated heterocycles. The van der Waals surface area contributed by atoms with Gasteiger partial charge in [0.25, 0.3) is 0 Å². The van der Waals surface area contributed by atoms with Crippen LogP contribution in [0.1, 0.15) is 47.0 Å². The average Bonchev–Trinajstić information content (AvgIpc) is 2.51. The molecular weight excluding hydrogens is 244 g/mol. The second kappa shape index (κ2) is 6.00. The number of amides is 1. The Morgan fingerprint density at radius 2 is 1.94 bits per heavy atom. The number of hydrogen-bond donors (Lipinski definition) is 1. The van der Waals surface area contributed by atoms with Gasteiger partial charge in [-0.3, -0.25) is 4.79 Å². The van der Waals surface area contributed by atoms with Crippen molar-refractivity contribution in [2.24, 2.45) is 23.0 Å². The van der Waals surface area contributed by atoms with E-state index in [2.05, 4.69) is 20.8 Å². The summed E-state index contributed by atoms with van der Waals surface area (Å²) in [6.45, 7) is 10.3. The maximum absolute atomic E-state index is 12.2. The summed E-state index contributed by atoms with van der Waals surface area (Å²) in [5.41, 5.74) is 5.89. The maximum atomic E-state index is 12.2. The minimum atomic E-state index is -0.328. The summed E-state index contributed by atoms with van der Waals surface area (Å²) in [6, 6.07) is 0. The molecule has 1 aliphatic rings. The van der Waals surface area contributed by atoms with E-state index in [1.54, 1.807) is 6.92 Å². The molecule has 4 heteroatoms. The second-order valence-corrected chi connectivity index (χ2v) is 6.91. The van der Waals surface area contributed by atoms with Gasteiger partial charge in [0.1, 0.15) is 0 Å². The van der Waals surface area contributed by atoms with Gasteiger partial charge < -0.3 is 10.6 Å². The van der Waals surface area contributed by atoms with Gasteiger partial charge >= 0.3 is 0 Å². The number of carbonyl (C=O) groups is 1. The highest BCUT2D eigenvalue weighted by molar-refractivity contribution is 7.80. The molecule has 0 saturated carbocycles. The van der Waals surface area contributed by atoms with Gasteiger partial charge in [0, 0.05) is 13.1 Å². The van der Waals surface area contributed by atoms with Gasteiger partial charge in [0.15, 0.2) is 0 Å². The van der Waals surface area contributed by atoms with Crippen molar-refractivity contribution in [3.05, 3.63) is 0 Å². The molecule has 2 N–H and O–H groups in total. The third-order valence-electron chi connectivity index (χ3n) is 4.06. The van der Waals surface area contributed by atoms with E-state index in [0.29, 0.717) is 16.3 Å². The van der Waals surface area contributed by atoms with Gasteiger partial charge in [0.2, 0.25) is 5.91 Å². The van der Waals surface area contributed by atoms with Crippen LogP contribution in [-0.4, -0.2) is 28.9 Å². The van der Waals surface area contributed by atoms with Crippen molar-refractivity contribution in [2.75, 3.05) is 13.1 Å². The van der Waals surface area contributed by atoms with Crippen LogP contribution >= 0.6 is 12.2 Å². The molecular formula is C14H26N2OS. The Morgan fingerprint density at radius 1 is 1.33 bits per heavy atom. The van der Waals surface area contributed by atoms with Crippen molar-refractivity contribution in [1.82, 2.24) is 4.90 Å². The first-order valence-electron chi connectivity index (χ1n) is 6.81. The molecule has 0 aliphatic carbocycles. The molecule has 0 aromatic rings. The van der Waals surface area contributed by atoms with E-state index in [1.165, 1.54) is 6.42 Å². The molecule has 0 aromatic heterocycles. The zero-order valence-electron chi connectivity index (χ0n) is 12.0. The van der Waals surface area contributed by atoms with Crippen molar-refractivity contribution in [2.45, 2.75) is 47.0 Å². The molecule has 0 bridgehead atoms. The highest BCUT2D eigenvalue weighted by Crippen LogP contribution is 2.34. The molecule has 1 rings (SSSR count). The lowest BCUT2D eigenvalue weighted by molar-refractivity contribution is -0.132. The third-order valence-corrected chi connectivity index (χ3v) is 4.42. The van der Waals surface area contributed by atoms with Crippen molar-refractivity contribution >= 4 is 23.1 Å². The van der Waals surface area contributed by atoms with E-state index in [-0.39, 0.29) is 11.8 Å². The number of carbonyl (C=O) groups excluding carboxylic acids is 1. The van der Waals surface area contributed by atoms with Crippen molar-refractivity contribution < 1.29 is 4.79 Å². The normalized spacial score (nSPS) is 23.3. The minimum Gasteiger partial charge on any atom is -0.393 e. The highest BCUT2D eigenvalue weighted by atomic mass is 32.1. The average molecular weight is 270 g/mol. The summed E-state index contributed by atoms with van der Waals surface area (Å²) < 4.78 is 0. The fourth-order valence-electron chi connectivity index (χ4n) is 2.58. The van der Waals surface area contributed by atoms with E-state index in [0.717, 1.165) is 25.9 Å². The van der Waals surface area contributed by atoms with Crippen LogP contribution in [0.5, 0.6) is 0 Å². The molecule has 104 valence electrons. The van der Waals surface area contributed by atoms with Gasteiger partial charge in [-0.25, -0.2) is 0 Å². The topological polar surface area (TPSA) is 46.3 Å². The molecule has 2 atom stereocenters. The molecule has 1 amide bonds. The molecule has 1 heterocycles. The monoisotopic (exact) mass is 270 g/mol. The van der Waals surface area contributed by atoms with Crippen LogP contribution in [0.15, 0.2) is 0 Å². The summed E-state index contributed by atoms with van der Waals surface area (Å²) in [5, 5.41) is 0. The van der Waals surface area contributed by atoms with Gasteiger partial charge in [0.05, 0.1) is 10.9 Å². The van der Waals surface area contributed by atoms with E-state index in [4.69, 9.17) is 18.0 Å². The minimum absolute atomic E-state index is 0.0945. The molecule has 0 aromatic carbocycles. The zero-order valence-corrected chi connectivity index (χ0v) is 12.8. The molecule has 3 nitrogen and oxygen atoms in total. The maximum Gasteiger partial charge on any atom is 0.232 e. The first-order chi connectivity index (χ1) is 8.23. The Hall–Kier alpha value is -0.640. The Morgan fingerprint density at radius 3 is 2.44 bits per heavy atom. The van der Waals surface area contributed by atoms with Crippen molar-refractivity contribution in [3.8, 4) is 0 Å². The summed E-state index contributed by atoms with van der Waals surface area (Å²) in [6.07, 6.45) is 3.37. The lowest BCUT2D eigenvalue weighted by Gasteiger charge is -2.30. The number of nitrogens with two attached hydrogens (primary N) is 1. The number of likely N-dealkylation sites (tertiary alicyclic amines) is 1. The fraction of sp³-hybridized carbons (Fsp3) is 0.857. The van der Waals surface area contributed by atoms with Gasteiger partial charge in [-0.05, 0) is 37.5 Å². The van der Waals surface area contributed by atoms with Crippen LogP contribution in [0.25, 0.3) is 0 Å². The molecule has 0 spiro atoms. The Kier molecular flexibility index (Phi) is 5.14. The number of hydrogen-bond acceptors (Lipinski definition) is 2. The summed E-state index contributed by atoms with van der Waals surface area (Å²) >= 11 is 4.91. The Labute approximate surface area is 116 Å². The summed E-state index contributed by atoms with van der Waals surface area (Å²) in [5.74, 6) is 0.457. The van der Waals surface area contributed by atoms with E-state index < -0.39 is 0 Å². The number of nitrogens with zero attached hydrogens (tertiary/aromatic N) is 1. The molecule has 1 aliphatic heterocycles. The number of thiocarbonyl (C=S) groups is 1. The fourth-order valence-corrected chi connectivity index (χ4v) is 2.68. The lowest BCUT2D eigenvalue weighted by Crippen LogP contribution is -2.40. The van der Waals surface area contributed by atoms with E-state index in [9.17, 15) is 4.79 Å². The van der Waals surface area contributed by atoms with Crippen LogP contribution in [0.4, 0.5) is 0 Å². The molecule has 2 unspecified atom stereocenters. The van der Waals surface area contributed by atoms with Gasteiger partial charge in [-0.1, -0.05) is 33.0 Å². The van der Waals surface area contributed by atoms with Crippen molar-refractivity contribution in [3.63, 3.8) is 0 Å². The third kappa shape index (κ3) is 3.94. The van der Waals surface area contributed by atoms with Gasteiger partial charge in [-0.15, -0.1) is 0 Å². The van der Waals surface area contributed by atoms with Crippen LogP contribution in [-0.2, 0) is 4.79 Å². The summed E-state index contributed by atoms with van der Waals surface area (Å²) in [4.78, 5) is 14.4. The predicted molar refractivity (Wildman–Crippen MR) is 79.3 cm³/mol. The Balaban J connectivity index is 2.62. The van der Waals surface area contributed by atoms with Crippen LogP contribution < -0.4 is 5.73 Å². The van der Waals surface area contributed by atoms with E-state index >= 15 is 0 Å². The van der Waals surface area contributed by atoms with Crippen LogP contribution in [0, 0.1) is 17.3 Å². The van der Waals surface area contributed by atoms with Crippen LogP contribution in [0.3, 0.4) is 0 Å². The zero-order chi connectivity index (χ0) is 13.9. The largest absolute Gasteiger partial charge is 0.393 e.